The van der Waals surface area contributed by atoms with Gasteiger partial charge in [0, 0.05) is 25.6 Å². The molecule has 0 aliphatic heterocycles. The van der Waals surface area contributed by atoms with E-state index in [9.17, 15) is 18.0 Å². The number of anilines is 1. The molecule has 0 aliphatic rings. The number of carbonyl (C=O) groups excluding carboxylic acids is 1. The van der Waals surface area contributed by atoms with Crippen LogP contribution in [-0.2, 0) is 28.3 Å². The van der Waals surface area contributed by atoms with Gasteiger partial charge in [0.05, 0.1) is 15.8 Å². The molecular weight excluding hydrogens is 368 g/mol. The average Bonchev–Trinajstić information content (AvgIpc) is 2.63. The summed E-state index contributed by atoms with van der Waals surface area (Å²) in [5.74, 6) is 0.163. The first-order chi connectivity index (χ1) is 12.8. The Morgan fingerprint density at radius 2 is 1.93 bits per heavy atom. The van der Waals surface area contributed by atoms with E-state index >= 15 is 0 Å². The van der Waals surface area contributed by atoms with Crippen LogP contribution in [0.25, 0.3) is 10.9 Å². The van der Waals surface area contributed by atoms with Crippen LogP contribution in [0.5, 0.6) is 0 Å². The van der Waals surface area contributed by atoms with Crippen molar-refractivity contribution in [2.75, 3.05) is 5.32 Å². The predicted octanol–water partition coefficient (Wildman–Crippen LogP) is 1.15. The quantitative estimate of drug-likeness (QED) is 0.681. The molecule has 0 saturated carbocycles. The molecule has 3 rings (SSSR count). The van der Waals surface area contributed by atoms with Crippen molar-refractivity contribution in [3.63, 3.8) is 0 Å². The lowest BCUT2D eigenvalue weighted by molar-refractivity contribution is -0.116. The Kier molecular flexibility index (Phi) is 5.06. The van der Waals surface area contributed by atoms with Crippen LogP contribution >= 0.6 is 0 Å². The van der Waals surface area contributed by atoms with Gasteiger partial charge in [-0.05, 0) is 30.3 Å². The number of nitrogens with one attached hydrogen (secondary N) is 1. The summed E-state index contributed by atoms with van der Waals surface area (Å²) in [4.78, 5) is 28.9. The van der Waals surface area contributed by atoms with Crippen LogP contribution in [0.2, 0.25) is 0 Å². The van der Waals surface area contributed by atoms with Gasteiger partial charge in [-0.1, -0.05) is 18.2 Å². The number of sulfonamides is 1. The van der Waals surface area contributed by atoms with Gasteiger partial charge < -0.3 is 5.32 Å². The summed E-state index contributed by atoms with van der Waals surface area (Å²) in [7, 11) is -2.23. The van der Waals surface area contributed by atoms with E-state index in [1.807, 2.05) is 0 Å². The number of aryl methyl sites for hydroxylation is 1. The van der Waals surface area contributed by atoms with Crippen LogP contribution in [0, 0.1) is 0 Å². The predicted molar refractivity (Wildman–Crippen MR) is 102 cm³/mol. The number of nitrogens with two attached hydrogens (primary N) is 1. The molecule has 0 fully saturated rings. The Morgan fingerprint density at radius 3 is 2.67 bits per heavy atom. The van der Waals surface area contributed by atoms with Gasteiger partial charge >= 0.3 is 0 Å². The summed E-state index contributed by atoms with van der Waals surface area (Å²) in [6, 6.07) is 12.7. The lowest BCUT2D eigenvalue weighted by Gasteiger charge is -2.10. The summed E-state index contributed by atoms with van der Waals surface area (Å²) in [5.41, 5.74) is 0.737. The van der Waals surface area contributed by atoms with Crippen molar-refractivity contribution < 1.29 is 13.2 Å². The number of hydrogen-bond acceptors (Lipinski definition) is 5. The zero-order chi connectivity index (χ0) is 19.6. The smallest absolute Gasteiger partial charge is 0.261 e. The van der Waals surface area contributed by atoms with Crippen LogP contribution in [0.3, 0.4) is 0 Å². The van der Waals surface area contributed by atoms with Gasteiger partial charge in [0.25, 0.3) is 5.56 Å². The third kappa shape index (κ3) is 4.21. The zero-order valence-electron chi connectivity index (χ0n) is 14.5. The van der Waals surface area contributed by atoms with Crippen LogP contribution in [0.15, 0.2) is 58.2 Å². The third-order valence-electron chi connectivity index (χ3n) is 4.10. The van der Waals surface area contributed by atoms with Gasteiger partial charge in [0.2, 0.25) is 15.9 Å². The van der Waals surface area contributed by atoms with E-state index in [-0.39, 0.29) is 29.2 Å². The minimum Gasteiger partial charge on any atom is -0.326 e. The number of benzene rings is 2. The van der Waals surface area contributed by atoms with Crippen molar-refractivity contribution in [3.05, 3.63) is 64.7 Å². The minimum atomic E-state index is -3.85. The first-order valence-electron chi connectivity index (χ1n) is 8.13. The standard InChI is InChI=1S/C18H18N4O4S/c1-22-16(21-15-8-3-2-7-14(15)18(22)24)9-10-17(23)20-12-5-4-6-13(11-12)27(19,25)26/h2-8,11H,9-10H2,1H3,(H,20,23)(H2,19,25,26). The summed E-state index contributed by atoms with van der Waals surface area (Å²) in [6.45, 7) is 0. The fraction of sp³-hybridized carbons (Fsp3) is 0.167. The van der Waals surface area contributed by atoms with Gasteiger partial charge in [-0.25, -0.2) is 18.5 Å². The molecule has 0 atom stereocenters. The van der Waals surface area contributed by atoms with Crippen molar-refractivity contribution in [2.24, 2.45) is 12.2 Å². The molecule has 1 heterocycles. The first-order valence-corrected chi connectivity index (χ1v) is 9.68. The topological polar surface area (TPSA) is 124 Å². The Balaban J connectivity index is 1.74. The molecule has 1 amide bonds. The maximum atomic E-state index is 12.4. The number of amides is 1. The molecule has 1 aromatic heterocycles. The SMILES string of the molecule is Cn1c(CCC(=O)Nc2cccc(S(N)(=O)=O)c2)nc2ccccc2c1=O. The lowest BCUT2D eigenvalue weighted by Crippen LogP contribution is -2.23. The highest BCUT2D eigenvalue weighted by atomic mass is 32.2. The number of hydrogen-bond donors (Lipinski definition) is 2. The fourth-order valence-electron chi connectivity index (χ4n) is 2.69. The van der Waals surface area contributed by atoms with Crippen LogP contribution in [-0.4, -0.2) is 23.9 Å². The van der Waals surface area contributed by atoms with Crippen LogP contribution < -0.4 is 16.0 Å². The van der Waals surface area contributed by atoms with Crippen molar-refractivity contribution >= 4 is 32.5 Å². The molecule has 2 aromatic carbocycles. The molecule has 0 saturated heterocycles. The van der Waals surface area contributed by atoms with Gasteiger partial charge in [-0.2, -0.15) is 0 Å². The normalized spacial score (nSPS) is 11.5. The largest absolute Gasteiger partial charge is 0.326 e. The molecule has 0 spiro atoms. The van der Waals surface area contributed by atoms with E-state index < -0.39 is 10.0 Å². The van der Waals surface area contributed by atoms with E-state index in [0.29, 0.717) is 22.4 Å². The fourth-order valence-corrected chi connectivity index (χ4v) is 3.25. The summed E-state index contributed by atoms with van der Waals surface area (Å²) in [5, 5.41) is 8.23. The van der Waals surface area contributed by atoms with Crippen LogP contribution in [0.4, 0.5) is 5.69 Å². The van der Waals surface area contributed by atoms with Crippen molar-refractivity contribution in [2.45, 2.75) is 17.7 Å². The highest BCUT2D eigenvalue weighted by Crippen LogP contribution is 2.15. The van der Waals surface area contributed by atoms with E-state index in [4.69, 9.17) is 5.14 Å². The minimum absolute atomic E-state index is 0.0816. The van der Waals surface area contributed by atoms with E-state index in [1.54, 1.807) is 37.4 Å². The molecule has 9 heteroatoms. The van der Waals surface area contributed by atoms with Gasteiger partial charge in [0.15, 0.2) is 0 Å². The Bertz CT molecular complexity index is 1190. The van der Waals surface area contributed by atoms with Crippen LogP contribution in [0.1, 0.15) is 12.2 Å². The van der Waals surface area contributed by atoms with Crippen molar-refractivity contribution in [1.82, 2.24) is 9.55 Å². The second kappa shape index (κ2) is 7.29. The molecule has 0 aliphatic carbocycles. The molecule has 27 heavy (non-hydrogen) atoms. The molecule has 3 aromatic rings. The van der Waals surface area contributed by atoms with E-state index in [2.05, 4.69) is 10.3 Å². The lowest BCUT2D eigenvalue weighted by atomic mass is 10.2. The van der Waals surface area contributed by atoms with E-state index in [0.717, 1.165) is 0 Å². The van der Waals surface area contributed by atoms with Gasteiger partial charge in [-0.15, -0.1) is 0 Å². The zero-order valence-corrected chi connectivity index (χ0v) is 15.4. The Morgan fingerprint density at radius 1 is 1.19 bits per heavy atom. The molecule has 0 unspecified atom stereocenters. The summed E-state index contributed by atoms with van der Waals surface area (Å²) < 4.78 is 24.2. The number of rotatable bonds is 5. The molecule has 8 nitrogen and oxygen atoms in total. The first kappa shape index (κ1) is 18.7. The molecule has 3 N–H and O–H groups in total. The third-order valence-corrected chi connectivity index (χ3v) is 5.01. The highest BCUT2D eigenvalue weighted by Gasteiger charge is 2.12. The van der Waals surface area contributed by atoms with Gasteiger partial charge in [0.1, 0.15) is 5.82 Å². The Labute approximate surface area is 155 Å². The maximum Gasteiger partial charge on any atom is 0.261 e. The highest BCUT2D eigenvalue weighted by molar-refractivity contribution is 7.89. The second-order valence-electron chi connectivity index (χ2n) is 6.03. The number of para-hydroxylation sites is 1. The second-order valence-corrected chi connectivity index (χ2v) is 7.59. The molecular formula is C18H18N4O4S. The number of aromatic nitrogens is 2. The van der Waals surface area contributed by atoms with Gasteiger partial charge in [-0.3, -0.25) is 14.2 Å². The maximum absolute atomic E-state index is 12.4. The average molecular weight is 386 g/mol. The summed E-state index contributed by atoms with van der Waals surface area (Å²) in [6.07, 6.45) is 0.343. The molecule has 140 valence electrons. The van der Waals surface area contributed by atoms with Crippen molar-refractivity contribution in [3.8, 4) is 0 Å². The monoisotopic (exact) mass is 386 g/mol. The van der Waals surface area contributed by atoms with E-state index in [1.165, 1.54) is 22.8 Å². The van der Waals surface area contributed by atoms with Crippen molar-refractivity contribution in [1.29, 1.82) is 0 Å². The number of nitrogens with zero attached hydrogens (tertiary/aromatic N) is 2. The molecule has 0 bridgehead atoms. The summed E-state index contributed by atoms with van der Waals surface area (Å²) >= 11 is 0. The molecule has 0 radical (unpaired) electrons. The number of carbonyl (C=O) groups is 1. The Hall–Kier alpha value is -3.04. The number of primary sulfonamides is 1. The number of fused-ring (bicyclic) bond motifs is 1.